The first-order valence-electron chi connectivity index (χ1n) is 0.537. The van der Waals surface area contributed by atoms with Gasteiger partial charge in [-0.15, -0.1) is 0 Å². The van der Waals surface area contributed by atoms with Crippen molar-refractivity contribution in [2.75, 3.05) is 0 Å². The minimum absolute atomic E-state index is 2.42. The topological polar surface area (TPSA) is 51.2 Å². The van der Waals surface area contributed by atoms with Crippen molar-refractivity contribution in [2.45, 2.75) is 0 Å². The molecule has 0 bridgehead atoms. The van der Waals surface area contributed by atoms with Crippen molar-refractivity contribution in [2.24, 2.45) is 0 Å². The van der Waals surface area contributed by atoms with E-state index in [1.54, 1.807) is 0 Å². The molecule has 0 saturated carbocycles. The first kappa shape index (κ1) is 9.55. The summed E-state index contributed by atoms with van der Waals surface area (Å²) in [5.74, 6) is 0. The van der Waals surface area contributed by atoms with E-state index in [-0.39, 0.29) is 0 Å². The third-order valence-corrected chi connectivity index (χ3v) is 0. The molecule has 0 radical (unpaired) electrons. The summed E-state index contributed by atoms with van der Waals surface area (Å²) in [6, 6.07) is 0. The van der Waals surface area contributed by atoms with Crippen LogP contribution in [0, 0.1) is 37.8 Å². The summed E-state index contributed by atoms with van der Waals surface area (Å²) in [4.78, 5) is 0. The Bertz CT molecular complexity index is 36.2. The zero-order chi connectivity index (χ0) is 4.71. The molecule has 0 aromatic carbocycles. The maximum absolute atomic E-state index is 8.57. The molecular formula is CeNiO3. The molecule has 0 unspecified atom stereocenters. The van der Waals surface area contributed by atoms with Gasteiger partial charge in [0.05, 0.1) is 0 Å². The predicted molar refractivity (Wildman–Crippen MR) is 2.06 cm³/mol. The molecule has 3 nitrogen and oxygen atoms in total. The molecule has 0 aliphatic carbocycles. The normalized spacial score (nSPS) is 2.80. The number of hydrogen-bond donors (Lipinski definition) is 0. The second-order valence-electron chi connectivity index (χ2n) is 0.0833. The van der Waals surface area contributed by atoms with Gasteiger partial charge in [0.2, 0.25) is 0 Å². The van der Waals surface area contributed by atoms with E-state index < -0.39 is 37.8 Å². The van der Waals surface area contributed by atoms with E-state index in [9.17, 15) is 0 Å². The summed E-state index contributed by atoms with van der Waals surface area (Å²) in [6.07, 6.45) is 0. The van der Waals surface area contributed by atoms with Gasteiger partial charge in [0.1, 0.15) is 0 Å². The summed E-state index contributed by atoms with van der Waals surface area (Å²) < 4.78 is 25.0. The van der Waals surface area contributed by atoms with Crippen molar-refractivity contribution >= 4 is 0 Å². The van der Waals surface area contributed by atoms with Gasteiger partial charge in [-0.3, -0.25) is 0 Å². The van der Waals surface area contributed by atoms with Crippen molar-refractivity contribution in [3.8, 4) is 0 Å². The standard InChI is InChI=1S/Ce.Ni.3O. The molecule has 0 aromatic rings. The van der Waals surface area contributed by atoms with Gasteiger partial charge in [-0.1, -0.05) is 0 Å². The van der Waals surface area contributed by atoms with Gasteiger partial charge >= 0.3 is 59.0 Å². The Hall–Kier alpha value is 1.27. The Kier molecular flexibility index (Phi) is 35.6. The monoisotopic (exact) mass is 246 g/mol. The zero-order valence-electron chi connectivity index (χ0n) is 2.04. The second kappa shape index (κ2) is 18.6. The van der Waals surface area contributed by atoms with Crippen LogP contribution in [0.2, 0.25) is 0 Å². The van der Waals surface area contributed by atoms with E-state index in [0.717, 1.165) is 0 Å². The fraction of sp³-hybridized carbons (Fsp3) is 0. The third-order valence-electron chi connectivity index (χ3n) is 0. The molecular weight excluding hydrogens is 247 g/mol. The second-order valence-corrected chi connectivity index (χ2v) is 0.607. The molecule has 32 valence electrons. The summed E-state index contributed by atoms with van der Waals surface area (Å²) in [6.45, 7) is 0. The fourth-order valence-electron chi connectivity index (χ4n) is 0. The van der Waals surface area contributed by atoms with Gasteiger partial charge in [0, 0.05) is 0 Å². The zero-order valence-corrected chi connectivity index (χ0v) is 6.17. The molecule has 0 aliphatic rings. The van der Waals surface area contributed by atoms with Crippen LogP contribution in [0.3, 0.4) is 0 Å². The average molecular weight is 247 g/mol. The van der Waals surface area contributed by atoms with Crippen molar-refractivity contribution in [3.05, 3.63) is 0 Å². The van der Waals surface area contributed by atoms with Crippen LogP contribution in [0.1, 0.15) is 0 Å². The molecule has 5 heavy (non-hydrogen) atoms. The summed E-state index contributed by atoms with van der Waals surface area (Å²) in [5, 5.41) is 0. The predicted octanol–water partition coefficient (Wildman–Crippen LogP) is -0.359. The summed E-state index contributed by atoms with van der Waals surface area (Å²) in [7, 11) is 0. The molecule has 0 amide bonds. The van der Waals surface area contributed by atoms with Crippen LogP contribution in [0.15, 0.2) is 0 Å². The minimum atomic E-state index is -2.42. The molecule has 0 heterocycles. The number of hydrogen-bond acceptors (Lipinski definition) is 3. The van der Waals surface area contributed by atoms with Crippen molar-refractivity contribution in [1.82, 2.24) is 0 Å². The van der Waals surface area contributed by atoms with E-state index in [2.05, 4.69) is 15.4 Å². The van der Waals surface area contributed by atoms with E-state index >= 15 is 0 Å². The van der Waals surface area contributed by atoms with Gasteiger partial charge in [-0.05, 0) is 0 Å². The van der Waals surface area contributed by atoms with E-state index in [4.69, 9.17) is 5.77 Å². The molecule has 0 fully saturated rings. The summed E-state index contributed by atoms with van der Waals surface area (Å²) in [5.41, 5.74) is 0. The van der Waals surface area contributed by atoms with Crippen LogP contribution in [0.5, 0.6) is 0 Å². The molecule has 0 N–H and O–H groups in total. The quantitative estimate of drug-likeness (QED) is 0.549. The number of rotatable bonds is 0. The molecule has 0 spiro atoms. The van der Waals surface area contributed by atoms with E-state index in [1.807, 2.05) is 0 Å². The Balaban J connectivity index is 0. The molecule has 0 rings (SSSR count). The van der Waals surface area contributed by atoms with Gasteiger partial charge in [-0.2, -0.15) is 0 Å². The Labute approximate surface area is 58.0 Å². The van der Waals surface area contributed by atoms with E-state index in [1.165, 1.54) is 0 Å². The summed E-state index contributed by atoms with van der Waals surface area (Å²) >= 11 is 0.208. The third kappa shape index (κ3) is 34.9. The van der Waals surface area contributed by atoms with Gasteiger partial charge < -0.3 is 0 Å². The molecule has 0 aliphatic heterocycles. The fourth-order valence-corrected chi connectivity index (χ4v) is 0. The van der Waals surface area contributed by atoms with Crippen LogP contribution in [0.4, 0.5) is 0 Å². The molecule has 0 aromatic heterocycles. The Morgan fingerprint density at radius 1 is 1.20 bits per heavy atom. The molecule has 0 saturated heterocycles. The van der Waals surface area contributed by atoms with E-state index in [0.29, 0.717) is 0 Å². The van der Waals surface area contributed by atoms with Crippen molar-refractivity contribution in [3.63, 3.8) is 0 Å². The first-order valence-corrected chi connectivity index (χ1v) is 3.50. The molecule has 5 heteroatoms. The van der Waals surface area contributed by atoms with Crippen LogP contribution in [-0.4, -0.2) is 0 Å². The Morgan fingerprint density at radius 2 is 1.20 bits per heavy atom. The van der Waals surface area contributed by atoms with Crippen LogP contribution in [0.25, 0.3) is 0 Å². The van der Waals surface area contributed by atoms with Crippen molar-refractivity contribution in [1.29, 1.82) is 0 Å². The maximum atomic E-state index is 8.57. The van der Waals surface area contributed by atoms with Crippen LogP contribution >= 0.6 is 0 Å². The van der Waals surface area contributed by atoms with Crippen LogP contribution < -0.4 is 0 Å². The first-order chi connectivity index (χ1) is 2.41. The SMILES string of the molecule is [O]=[Ce]=[O].[O]=[Ni]. The van der Waals surface area contributed by atoms with Gasteiger partial charge in [0.15, 0.2) is 0 Å². The molecule has 0 atom stereocenters. The van der Waals surface area contributed by atoms with Gasteiger partial charge in [-0.25, -0.2) is 0 Å². The van der Waals surface area contributed by atoms with Gasteiger partial charge in [0.25, 0.3) is 0 Å². The van der Waals surface area contributed by atoms with Crippen molar-refractivity contribution < 1.29 is 59.0 Å². The Morgan fingerprint density at radius 3 is 1.20 bits per heavy atom. The van der Waals surface area contributed by atoms with Crippen LogP contribution in [-0.2, 0) is 21.2 Å². The average Bonchev–Trinajstić information content (AvgIpc) is 1.46.